The molecule has 2 heterocycles. The SMILES string of the molecule is O=C(CSCc1cccnc1)Nc1cccc(COCc2ccco2)c1. The summed E-state index contributed by atoms with van der Waals surface area (Å²) in [5, 5.41) is 2.92. The van der Waals surface area contributed by atoms with Gasteiger partial charge in [-0.15, -0.1) is 11.8 Å². The number of hydrogen-bond donors (Lipinski definition) is 1. The van der Waals surface area contributed by atoms with E-state index >= 15 is 0 Å². The molecule has 0 saturated heterocycles. The van der Waals surface area contributed by atoms with Crippen LogP contribution in [0.15, 0.2) is 71.6 Å². The predicted molar refractivity (Wildman–Crippen MR) is 103 cm³/mol. The zero-order valence-electron chi connectivity index (χ0n) is 14.3. The first-order chi connectivity index (χ1) is 12.8. The number of thioether (sulfide) groups is 1. The molecule has 0 fully saturated rings. The highest BCUT2D eigenvalue weighted by atomic mass is 32.2. The Hall–Kier alpha value is -2.57. The number of carbonyl (C=O) groups excluding carboxylic acids is 1. The number of amides is 1. The van der Waals surface area contributed by atoms with E-state index in [-0.39, 0.29) is 5.91 Å². The van der Waals surface area contributed by atoms with Gasteiger partial charge in [0.2, 0.25) is 5.91 Å². The maximum atomic E-state index is 12.1. The van der Waals surface area contributed by atoms with Crippen molar-refractivity contribution in [2.75, 3.05) is 11.1 Å². The molecule has 0 aliphatic rings. The van der Waals surface area contributed by atoms with Crippen LogP contribution in [0.25, 0.3) is 0 Å². The fraction of sp³-hybridized carbons (Fsp3) is 0.200. The fourth-order valence-corrected chi connectivity index (χ4v) is 3.11. The molecule has 1 aromatic carbocycles. The summed E-state index contributed by atoms with van der Waals surface area (Å²) in [4.78, 5) is 16.2. The molecule has 26 heavy (non-hydrogen) atoms. The van der Waals surface area contributed by atoms with Crippen LogP contribution < -0.4 is 5.32 Å². The molecule has 6 heteroatoms. The number of furan rings is 1. The Balaban J connectivity index is 1.41. The summed E-state index contributed by atoms with van der Waals surface area (Å²) in [7, 11) is 0. The number of pyridine rings is 1. The molecule has 0 aliphatic heterocycles. The van der Waals surface area contributed by atoms with Gasteiger partial charge in [0.1, 0.15) is 12.4 Å². The van der Waals surface area contributed by atoms with Crippen LogP contribution in [-0.2, 0) is 28.5 Å². The number of anilines is 1. The van der Waals surface area contributed by atoms with Gasteiger partial charge in [-0.25, -0.2) is 0 Å². The van der Waals surface area contributed by atoms with E-state index in [0.29, 0.717) is 19.0 Å². The van der Waals surface area contributed by atoms with Gasteiger partial charge < -0.3 is 14.5 Å². The Kier molecular flexibility index (Phi) is 6.87. The first-order valence-corrected chi connectivity index (χ1v) is 9.40. The van der Waals surface area contributed by atoms with Gasteiger partial charge >= 0.3 is 0 Å². The van der Waals surface area contributed by atoms with Crippen molar-refractivity contribution in [1.82, 2.24) is 4.98 Å². The van der Waals surface area contributed by atoms with Crippen molar-refractivity contribution < 1.29 is 13.9 Å². The van der Waals surface area contributed by atoms with Gasteiger partial charge in [0.15, 0.2) is 0 Å². The molecule has 1 amide bonds. The van der Waals surface area contributed by atoms with E-state index in [2.05, 4.69) is 10.3 Å². The van der Waals surface area contributed by atoms with Crippen molar-refractivity contribution in [3.8, 4) is 0 Å². The molecule has 0 atom stereocenters. The van der Waals surface area contributed by atoms with Crippen molar-refractivity contribution in [3.05, 3.63) is 84.1 Å². The normalized spacial score (nSPS) is 10.6. The van der Waals surface area contributed by atoms with Gasteiger partial charge in [-0.1, -0.05) is 18.2 Å². The molecule has 134 valence electrons. The number of hydrogen-bond acceptors (Lipinski definition) is 5. The minimum atomic E-state index is -0.0208. The highest BCUT2D eigenvalue weighted by molar-refractivity contribution is 7.99. The maximum Gasteiger partial charge on any atom is 0.234 e. The summed E-state index contributed by atoms with van der Waals surface area (Å²) < 4.78 is 10.9. The van der Waals surface area contributed by atoms with E-state index in [1.54, 1.807) is 24.2 Å². The maximum absolute atomic E-state index is 12.1. The van der Waals surface area contributed by atoms with E-state index in [1.165, 1.54) is 0 Å². The summed E-state index contributed by atoms with van der Waals surface area (Å²) in [5.74, 6) is 1.93. The van der Waals surface area contributed by atoms with Gasteiger partial charge in [-0.05, 0) is 41.5 Å². The number of nitrogens with one attached hydrogen (secondary N) is 1. The zero-order chi connectivity index (χ0) is 18.0. The van der Waals surface area contributed by atoms with Crippen LogP contribution >= 0.6 is 11.8 Å². The molecular weight excluding hydrogens is 348 g/mol. The second kappa shape index (κ2) is 9.79. The fourth-order valence-electron chi connectivity index (χ4n) is 2.35. The third-order valence-electron chi connectivity index (χ3n) is 3.53. The van der Waals surface area contributed by atoms with E-state index in [4.69, 9.17) is 9.15 Å². The van der Waals surface area contributed by atoms with Crippen LogP contribution in [0.2, 0.25) is 0 Å². The standard InChI is InChI=1S/C20H20N2O3S/c23-20(15-26-14-17-5-2-8-21-11-17)22-18-6-1-4-16(10-18)12-24-13-19-7-3-9-25-19/h1-11H,12-15H2,(H,22,23). The monoisotopic (exact) mass is 368 g/mol. The summed E-state index contributed by atoms with van der Waals surface area (Å²) >= 11 is 1.56. The van der Waals surface area contributed by atoms with Crippen LogP contribution in [0.1, 0.15) is 16.9 Å². The lowest BCUT2D eigenvalue weighted by Gasteiger charge is -2.08. The molecule has 0 bridgehead atoms. The summed E-state index contributed by atoms with van der Waals surface area (Å²) in [6.07, 6.45) is 5.18. The second-order valence-electron chi connectivity index (χ2n) is 5.67. The van der Waals surface area contributed by atoms with Crippen LogP contribution in [0.3, 0.4) is 0 Å². The first-order valence-electron chi connectivity index (χ1n) is 8.25. The van der Waals surface area contributed by atoms with Gasteiger partial charge in [-0.2, -0.15) is 0 Å². The van der Waals surface area contributed by atoms with Crippen molar-refractivity contribution in [2.45, 2.75) is 19.0 Å². The van der Waals surface area contributed by atoms with E-state index < -0.39 is 0 Å². The number of ether oxygens (including phenoxy) is 1. The summed E-state index contributed by atoms with van der Waals surface area (Å²) in [5.41, 5.74) is 2.88. The highest BCUT2D eigenvalue weighted by Crippen LogP contribution is 2.15. The molecule has 0 spiro atoms. The van der Waals surface area contributed by atoms with Crippen molar-refractivity contribution in [3.63, 3.8) is 0 Å². The minimum Gasteiger partial charge on any atom is -0.467 e. The molecule has 2 aromatic heterocycles. The lowest BCUT2D eigenvalue weighted by atomic mass is 10.2. The van der Waals surface area contributed by atoms with Crippen LogP contribution in [0.5, 0.6) is 0 Å². The molecule has 3 aromatic rings. The lowest BCUT2D eigenvalue weighted by Crippen LogP contribution is -2.14. The Morgan fingerprint density at radius 1 is 1.12 bits per heavy atom. The van der Waals surface area contributed by atoms with E-state index in [9.17, 15) is 4.79 Å². The molecule has 3 rings (SSSR count). The molecular formula is C20H20N2O3S. The average Bonchev–Trinajstić information content (AvgIpc) is 3.16. The quantitative estimate of drug-likeness (QED) is 0.611. The number of carbonyl (C=O) groups is 1. The molecule has 0 aliphatic carbocycles. The van der Waals surface area contributed by atoms with Gasteiger partial charge in [0.25, 0.3) is 0 Å². The second-order valence-corrected chi connectivity index (χ2v) is 6.66. The Bertz CT molecular complexity index is 807. The highest BCUT2D eigenvalue weighted by Gasteiger charge is 2.04. The van der Waals surface area contributed by atoms with Crippen molar-refractivity contribution in [1.29, 1.82) is 0 Å². The smallest absolute Gasteiger partial charge is 0.234 e. The Labute approximate surface area is 156 Å². The summed E-state index contributed by atoms with van der Waals surface area (Å²) in [6.45, 7) is 0.884. The minimum absolute atomic E-state index is 0.0208. The number of rotatable bonds is 9. The largest absolute Gasteiger partial charge is 0.467 e. The predicted octanol–water partition coefficient (Wildman–Crippen LogP) is 4.26. The number of aromatic nitrogens is 1. The van der Waals surface area contributed by atoms with Crippen LogP contribution in [-0.4, -0.2) is 16.6 Å². The molecule has 0 radical (unpaired) electrons. The number of benzene rings is 1. The van der Waals surface area contributed by atoms with Crippen molar-refractivity contribution >= 4 is 23.4 Å². The van der Waals surface area contributed by atoms with Crippen LogP contribution in [0, 0.1) is 0 Å². The third-order valence-corrected chi connectivity index (χ3v) is 4.53. The topological polar surface area (TPSA) is 64.4 Å². The van der Waals surface area contributed by atoms with Gasteiger partial charge in [-0.3, -0.25) is 9.78 Å². The number of nitrogens with zero attached hydrogens (tertiary/aromatic N) is 1. The van der Waals surface area contributed by atoms with E-state index in [0.717, 1.165) is 28.3 Å². The molecule has 1 N–H and O–H groups in total. The van der Waals surface area contributed by atoms with Crippen molar-refractivity contribution in [2.24, 2.45) is 0 Å². The van der Waals surface area contributed by atoms with Crippen LogP contribution in [0.4, 0.5) is 5.69 Å². The van der Waals surface area contributed by atoms with Gasteiger partial charge in [0.05, 0.1) is 18.6 Å². The lowest BCUT2D eigenvalue weighted by molar-refractivity contribution is -0.113. The molecule has 0 saturated carbocycles. The Morgan fingerprint density at radius 2 is 2.04 bits per heavy atom. The summed E-state index contributed by atoms with van der Waals surface area (Å²) in [6, 6.07) is 15.3. The van der Waals surface area contributed by atoms with Gasteiger partial charge in [0, 0.05) is 23.8 Å². The first kappa shape index (κ1) is 18.2. The molecule has 0 unspecified atom stereocenters. The zero-order valence-corrected chi connectivity index (χ0v) is 15.1. The van der Waals surface area contributed by atoms with E-state index in [1.807, 2.05) is 54.7 Å². The third kappa shape index (κ3) is 6.06. The Morgan fingerprint density at radius 3 is 2.85 bits per heavy atom. The molecule has 5 nitrogen and oxygen atoms in total. The average molecular weight is 368 g/mol.